The maximum atomic E-state index is 12.1. The van der Waals surface area contributed by atoms with Crippen LogP contribution in [-0.4, -0.2) is 29.6 Å². The summed E-state index contributed by atoms with van der Waals surface area (Å²) in [6.07, 6.45) is 2.45. The van der Waals surface area contributed by atoms with Gasteiger partial charge in [0.1, 0.15) is 4.21 Å². The van der Waals surface area contributed by atoms with Crippen molar-refractivity contribution in [1.29, 1.82) is 0 Å². The van der Waals surface area contributed by atoms with E-state index in [-0.39, 0.29) is 0 Å². The van der Waals surface area contributed by atoms with Gasteiger partial charge >= 0.3 is 0 Å². The van der Waals surface area contributed by atoms with Crippen molar-refractivity contribution in [3.05, 3.63) is 46.8 Å². The standard InChI is InChI=1S/C15H20N2O4S3/c1-12-5-10-15(22-12)24(20,21)16-11-3-4-13-6-8-14(9-7-13)17-23(2,18)19/h5-10,16-17H,3-4,11H2,1-2H3. The number of aryl methyl sites for hydroxylation is 2. The molecular formula is C15H20N2O4S3. The fourth-order valence-corrected chi connectivity index (χ4v) is 5.05. The molecule has 1 aromatic carbocycles. The van der Waals surface area contributed by atoms with Crippen LogP contribution in [0.15, 0.2) is 40.6 Å². The second-order valence-electron chi connectivity index (χ2n) is 5.44. The minimum atomic E-state index is -3.43. The molecule has 6 nitrogen and oxygen atoms in total. The molecular weight excluding hydrogens is 368 g/mol. The molecule has 0 fully saturated rings. The lowest BCUT2D eigenvalue weighted by Crippen LogP contribution is -2.24. The highest BCUT2D eigenvalue weighted by Crippen LogP contribution is 2.20. The van der Waals surface area contributed by atoms with E-state index < -0.39 is 20.0 Å². The molecule has 0 aliphatic rings. The quantitative estimate of drug-likeness (QED) is 0.679. The predicted molar refractivity (Wildman–Crippen MR) is 97.5 cm³/mol. The van der Waals surface area contributed by atoms with Gasteiger partial charge in [-0.15, -0.1) is 11.3 Å². The fourth-order valence-electron chi connectivity index (χ4n) is 2.08. The molecule has 132 valence electrons. The van der Waals surface area contributed by atoms with Gasteiger partial charge in [0.05, 0.1) is 6.26 Å². The first-order chi connectivity index (χ1) is 11.2. The molecule has 0 bridgehead atoms. The average Bonchev–Trinajstić information content (AvgIpc) is 2.91. The van der Waals surface area contributed by atoms with Crippen molar-refractivity contribution in [1.82, 2.24) is 4.72 Å². The van der Waals surface area contributed by atoms with Gasteiger partial charge in [-0.25, -0.2) is 21.6 Å². The van der Waals surface area contributed by atoms with Crippen molar-refractivity contribution in [2.45, 2.75) is 24.0 Å². The second-order valence-corrected chi connectivity index (χ2v) is 10.5. The molecule has 0 amide bonds. The summed E-state index contributed by atoms with van der Waals surface area (Å²) >= 11 is 1.25. The van der Waals surface area contributed by atoms with Crippen LogP contribution < -0.4 is 9.44 Å². The van der Waals surface area contributed by atoms with E-state index in [0.717, 1.165) is 16.7 Å². The zero-order chi connectivity index (χ0) is 17.8. The van der Waals surface area contributed by atoms with Crippen LogP contribution in [0.2, 0.25) is 0 Å². The van der Waals surface area contributed by atoms with Crippen LogP contribution >= 0.6 is 11.3 Å². The highest BCUT2D eigenvalue weighted by molar-refractivity contribution is 7.92. The Balaban J connectivity index is 1.82. The normalized spacial score (nSPS) is 12.2. The fraction of sp³-hybridized carbons (Fsp3) is 0.333. The maximum Gasteiger partial charge on any atom is 0.250 e. The molecule has 2 aromatic rings. The zero-order valence-corrected chi connectivity index (χ0v) is 15.9. The molecule has 0 saturated carbocycles. The number of sulfonamides is 2. The molecule has 24 heavy (non-hydrogen) atoms. The molecule has 2 N–H and O–H groups in total. The van der Waals surface area contributed by atoms with Crippen LogP contribution in [0.25, 0.3) is 0 Å². The highest BCUT2D eigenvalue weighted by atomic mass is 32.2. The van der Waals surface area contributed by atoms with Gasteiger partial charge in [-0.2, -0.15) is 0 Å². The lowest BCUT2D eigenvalue weighted by Gasteiger charge is -2.07. The lowest BCUT2D eigenvalue weighted by molar-refractivity contribution is 0.581. The molecule has 2 rings (SSSR count). The second kappa shape index (κ2) is 7.64. The molecule has 0 radical (unpaired) electrons. The van der Waals surface area contributed by atoms with E-state index in [4.69, 9.17) is 0 Å². The van der Waals surface area contributed by atoms with Crippen molar-refractivity contribution >= 4 is 37.1 Å². The van der Waals surface area contributed by atoms with Crippen LogP contribution in [0, 0.1) is 6.92 Å². The van der Waals surface area contributed by atoms with E-state index in [0.29, 0.717) is 29.3 Å². The topological polar surface area (TPSA) is 92.3 Å². The third kappa shape index (κ3) is 5.90. The monoisotopic (exact) mass is 388 g/mol. The Bertz CT molecular complexity index is 885. The van der Waals surface area contributed by atoms with Gasteiger partial charge in [0.15, 0.2) is 0 Å². The van der Waals surface area contributed by atoms with Gasteiger partial charge in [-0.1, -0.05) is 12.1 Å². The molecule has 9 heteroatoms. The molecule has 0 spiro atoms. The number of hydrogen-bond acceptors (Lipinski definition) is 5. The molecule has 0 aliphatic carbocycles. The zero-order valence-electron chi connectivity index (χ0n) is 13.4. The minimum absolute atomic E-state index is 0.330. The SMILES string of the molecule is Cc1ccc(S(=O)(=O)NCCCc2ccc(NS(C)(=O)=O)cc2)s1. The van der Waals surface area contributed by atoms with Gasteiger partial charge in [-0.3, -0.25) is 4.72 Å². The Kier molecular flexibility index (Phi) is 6.02. The first kappa shape index (κ1) is 18.9. The third-order valence-electron chi connectivity index (χ3n) is 3.17. The summed E-state index contributed by atoms with van der Waals surface area (Å²) in [5.41, 5.74) is 1.52. The Morgan fingerprint density at radius 1 is 1.00 bits per heavy atom. The van der Waals surface area contributed by atoms with Crippen LogP contribution in [0.3, 0.4) is 0 Å². The van der Waals surface area contributed by atoms with Crippen molar-refractivity contribution in [3.63, 3.8) is 0 Å². The average molecular weight is 389 g/mol. The number of nitrogens with one attached hydrogen (secondary N) is 2. The number of anilines is 1. The van der Waals surface area contributed by atoms with E-state index in [1.807, 2.05) is 19.1 Å². The van der Waals surface area contributed by atoms with E-state index in [2.05, 4.69) is 9.44 Å². The maximum absolute atomic E-state index is 12.1. The van der Waals surface area contributed by atoms with E-state index in [9.17, 15) is 16.8 Å². The van der Waals surface area contributed by atoms with Gasteiger partial charge < -0.3 is 0 Å². The summed E-state index contributed by atoms with van der Waals surface area (Å²) in [6, 6.07) is 10.4. The summed E-state index contributed by atoms with van der Waals surface area (Å²) in [4.78, 5) is 0.957. The molecule has 1 aromatic heterocycles. The molecule has 0 atom stereocenters. The summed E-state index contributed by atoms with van der Waals surface area (Å²) in [7, 11) is -6.71. The van der Waals surface area contributed by atoms with Crippen molar-refractivity contribution in [2.24, 2.45) is 0 Å². The van der Waals surface area contributed by atoms with Crippen LogP contribution in [0.1, 0.15) is 16.9 Å². The van der Waals surface area contributed by atoms with Crippen molar-refractivity contribution in [3.8, 4) is 0 Å². The van der Waals surface area contributed by atoms with Gasteiger partial charge in [-0.05, 0) is 49.6 Å². The number of rotatable bonds is 8. The van der Waals surface area contributed by atoms with Gasteiger partial charge in [0.25, 0.3) is 0 Å². The van der Waals surface area contributed by atoms with Gasteiger partial charge in [0.2, 0.25) is 20.0 Å². The summed E-state index contributed by atoms with van der Waals surface area (Å²) in [5.74, 6) is 0. The van der Waals surface area contributed by atoms with Gasteiger partial charge in [0, 0.05) is 17.1 Å². The summed E-state index contributed by atoms with van der Waals surface area (Å²) in [5, 5.41) is 0. The van der Waals surface area contributed by atoms with Crippen LogP contribution in [0.5, 0.6) is 0 Å². The first-order valence-corrected chi connectivity index (χ1v) is 11.5. The van der Waals surface area contributed by atoms with E-state index in [1.165, 1.54) is 11.3 Å². The summed E-state index contributed by atoms with van der Waals surface area (Å²) < 4.78 is 51.7. The largest absolute Gasteiger partial charge is 0.284 e. The molecule has 1 heterocycles. The Hall–Kier alpha value is -1.42. The first-order valence-electron chi connectivity index (χ1n) is 7.28. The molecule has 0 aliphatic heterocycles. The number of thiophene rings is 1. The number of hydrogen-bond donors (Lipinski definition) is 2. The number of benzene rings is 1. The van der Waals surface area contributed by atoms with Crippen LogP contribution in [0.4, 0.5) is 5.69 Å². The Labute approximate surface area is 147 Å². The highest BCUT2D eigenvalue weighted by Gasteiger charge is 2.15. The third-order valence-corrected chi connectivity index (χ3v) is 6.73. The minimum Gasteiger partial charge on any atom is -0.284 e. The van der Waals surface area contributed by atoms with E-state index >= 15 is 0 Å². The summed E-state index contributed by atoms with van der Waals surface area (Å²) in [6.45, 7) is 2.22. The Morgan fingerprint density at radius 2 is 1.67 bits per heavy atom. The molecule has 0 saturated heterocycles. The molecule has 0 unspecified atom stereocenters. The van der Waals surface area contributed by atoms with Crippen LogP contribution in [-0.2, 0) is 26.5 Å². The lowest BCUT2D eigenvalue weighted by atomic mass is 10.1. The van der Waals surface area contributed by atoms with Crippen molar-refractivity contribution < 1.29 is 16.8 Å². The predicted octanol–water partition coefficient (Wildman–Crippen LogP) is 2.34. The Morgan fingerprint density at radius 3 is 2.21 bits per heavy atom. The van der Waals surface area contributed by atoms with Crippen molar-refractivity contribution in [2.75, 3.05) is 17.5 Å². The smallest absolute Gasteiger partial charge is 0.250 e. The van der Waals surface area contributed by atoms with E-state index in [1.54, 1.807) is 24.3 Å².